The lowest BCUT2D eigenvalue weighted by Gasteiger charge is -2.10. The minimum absolute atomic E-state index is 0.293. The summed E-state index contributed by atoms with van der Waals surface area (Å²) in [5.74, 6) is -0.724. The van der Waals surface area contributed by atoms with E-state index < -0.39 is 11.2 Å². The molecule has 116 valence electrons. The molecule has 2 aromatic carbocycles. The van der Waals surface area contributed by atoms with Gasteiger partial charge in [-0.05, 0) is 36.4 Å². The fourth-order valence-corrected chi connectivity index (χ4v) is 4.01. The van der Waals surface area contributed by atoms with Gasteiger partial charge in [0.1, 0.15) is 16.1 Å². The zero-order chi connectivity index (χ0) is 16.2. The standard InChI is InChI=1S/C17H13FN2OS2/c18-12-8-6-11(7-9-12)14-10-22-17(20-14)15(16(19)21)23-13-4-2-1-3-5-13/h1-10,15H,(H2,19,21). The van der Waals surface area contributed by atoms with E-state index in [0.29, 0.717) is 10.7 Å². The van der Waals surface area contributed by atoms with Gasteiger partial charge >= 0.3 is 0 Å². The van der Waals surface area contributed by atoms with Crippen LogP contribution in [0, 0.1) is 5.82 Å². The van der Waals surface area contributed by atoms with Crippen LogP contribution < -0.4 is 5.73 Å². The van der Waals surface area contributed by atoms with Crippen LogP contribution in [-0.4, -0.2) is 10.9 Å². The molecular weight excluding hydrogens is 331 g/mol. The third-order valence-corrected chi connectivity index (χ3v) is 5.44. The van der Waals surface area contributed by atoms with Gasteiger partial charge in [-0.2, -0.15) is 0 Å². The van der Waals surface area contributed by atoms with Gasteiger partial charge in [-0.15, -0.1) is 23.1 Å². The van der Waals surface area contributed by atoms with Crippen LogP contribution in [0.2, 0.25) is 0 Å². The number of primary amides is 1. The maximum absolute atomic E-state index is 13.0. The summed E-state index contributed by atoms with van der Waals surface area (Å²) in [4.78, 5) is 17.3. The van der Waals surface area contributed by atoms with E-state index in [1.165, 1.54) is 35.2 Å². The normalized spacial score (nSPS) is 12.0. The van der Waals surface area contributed by atoms with Crippen molar-refractivity contribution in [3.63, 3.8) is 0 Å². The first-order valence-electron chi connectivity index (χ1n) is 6.86. The largest absolute Gasteiger partial charge is 0.368 e. The highest BCUT2D eigenvalue weighted by Gasteiger charge is 2.23. The number of rotatable bonds is 5. The lowest BCUT2D eigenvalue weighted by Crippen LogP contribution is -2.18. The molecule has 2 N–H and O–H groups in total. The van der Waals surface area contributed by atoms with Gasteiger partial charge in [0.25, 0.3) is 0 Å². The SMILES string of the molecule is NC(=O)C(Sc1ccccc1)c1nc(-c2ccc(F)cc2)cs1. The molecule has 1 heterocycles. The van der Waals surface area contributed by atoms with Gasteiger partial charge in [0, 0.05) is 15.8 Å². The van der Waals surface area contributed by atoms with Crippen LogP contribution in [-0.2, 0) is 4.79 Å². The van der Waals surface area contributed by atoms with E-state index in [2.05, 4.69) is 4.98 Å². The van der Waals surface area contributed by atoms with Crippen LogP contribution in [0.15, 0.2) is 64.9 Å². The number of nitrogens with two attached hydrogens (primary N) is 1. The van der Waals surface area contributed by atoms with Gasteiger partial charge in [0.2, 0.25) is 5.91 Å². The first kappa shape index (κ1) is 15.7. The van der Waals surface area contributed by atoms with Gasteiger partial charge < -0.3 is 5.73 Å². The number of amides is 1. The second-order valence-corrected chi connectivity index (χ2v) is 6.86. The molecule has 1 atom stereocenters. The van der Waals surface area contributed by atoms with Crippen molar-refractivity contribution in [2.75, 3.05) is 0 Å². The summed E-state index contributed by atoms with van der Waals surface area (Å²) < 4.78 is 13.0. The average molecular weight is 344 g/mol. The third kappa shape index (κ3) is 3.78. The van der Waals surface area contributed by atoms with Crippen molar-refractivity contribution in [1.82, 2.24) is 4.98 Å². The second-order valence-electron chi connectivity index (χ2n) is 4.79. The van der Waals surface area contributed by atoms with Crippen LogP contribution in [0.3, 0.4) is 0 Å². The quantitative estimate of drug-likeness (QED) is 0.703. The zero-order valence-corrected chi connectivity index (χ0v) is 13.6. The number of benzene rings is 2. The van der Waals surface area contributed by atoms with Crippen molar-refractivity contribution in [3.05, 3.63) is 70.8 Å². The highest BCUT2D eigenvalue weighted by atomic mass is 32.2. The maximum Gasteiger partial charge on any atom is 0.237 e. The number of carbonyl (C=O) groups is 1. The van der Waals surface area contributed by atoms with E-state index in [0.717, 1.165) is 10.5 Å². The average Bonchev–Trinajstić information content (AvgIpc) is 3.03. The number of thioether (sulfide) groups is 1. The molecule has 0 bridgehead atoms. The molecule has 3 rings (SSSR count). The fourth-order valence-electron chi connectivity index (χ4n) is 2.03. The number of nitrogens with zero attached hydrogens (tertiary/aromatic N) is 1. The minimum atomic E-state index is -0.545. The van der Waals surface area contributed by atoms with Gasteiger partial charge in [-0.25, -0.2) is 9.37 Å². The van der Waals surface area contributed by atoms with Crippen LogP contribution in [0.25, 0.3) is 11.3 Å². The lowest BCUT2D eigenvalue weighted by atomic mass is 10.2. The molecule has 0 spiro atoms. The molecule has 1 amide bonds. The molecule has 0 aliphatic rings. The Morgan fingerprint density at radius 1 is 1.13 bits per heavy atom. The summed E-state index contributed by atoms with van der Waals surface area (Å²) >= 11 is 2.75. The summed E-state index contributed by atoms with van der Waals surface area (Å²) in [5, 5.41) is 1.95. The molecule has 1 unspecified atom stereocenters. The van der Waals surface area contributed by atoms with Crippen molar-refractivity contribution in [3.8, 4) is 11.3 Å². The van der Waals surface area contributed by atoms with E-state index in [1.807, 2.05) is 35.7 Å². The topological polar surface area (TPSA) is 56.0 Å². The summed E-state index contributed by atoms with van der Waals surface area (Å²) in [7, 11) is 0. The predicted molar refractivity (Wildman–Crippen MR) is 91.7 cm³/mol. The van der Waals surface area contributed by atoms with Crippen molar-refractivity contribution in [2.24, 2.45) is 5.73 Å². The summed E-state index contributed by atoms with van der Waals surface area (Å²) in [5.41, 5.74) is 7.06. The Balaban J connectivity index is 1.86. The first-order chi connectivity index (χ1) is 11.1. The first-order valence-corrected chi connectivity index (χ1v) is 8.62. The molecule has 0 saturated carbocycles. The summed E-state index contributed by atoms with van der Waals surface area (Å²) in [6.45, 7) is 0. The maximum atomic E-state index is 13.0. The highest BCUT2D eigenvalue weighted by Crippen LogP contribution is 2.37. The van der Waals surface area contributed by atoms with E-state index in [1.54, 1.807) is 12.1 Å². The van der Waals surface area contributed by atoms with Gasteiger partial charge in [-0.1, -0.05) is 18.2 Å². The molecule has 0 aliphatic carbocycles. The number of aromatic nitrogens is 1. The van der Waals surface area contributed by atoms with Crippen LogP contribution in [0.4, 0.5) is 4.39 Å². The van der Waals surface area contributed by atoms with Crippen LogP contribution in [0.1, 0.15) is 10.3 Å². The Morgan fingerprint density at radius 2 is 1.83 bits per heavy atom. The fraction of sp³-hybridized carbons (Fsp3) is 0.0588. The smallest absolute Gasteiger partial charge is 0.237 e. The molecule has 23 heavy (non-hydrogen) atoms. The molecule has 6 heteroatoms. The summed E-state index contributed by atoms with van der Waals surface area (Å²) in [6.07, 6.45) is 0. The Labute approximate surface area is 141 Å². The van der Waals surface area contributed by atoms with Crippen LogP contribution in [0.5, 0.6) is 0 Å². The van der Waals surface area contributed by atoms with Crippen molar-refractivity contribution < 1.29 is 9.18 Å². The van der Waals surface area contributed by atoms with E-state index in [4.69, 9.17) is 5.73 Å². The van der Waals surface area contributed by atoms with Gasteiger partial charge in [-0.3, -0.25) is 4.79 Å². The second kappa shape index (κ2) is 6.93. The Kier molecular flexibility index (Phi) is 4.73. The Bertz CT molecular complexity index is 803. The highest BCUT2D eigenvalue weighted by molar-refractivity contribution is 8.00. The Morgan fingerprint density at radius 3 is 2.48 bits per heavy atom. The number of thiazole rings is 1. The molecule has 3 aromatic rings. The molecule has 0 aliphatic heterocycles. The number of carbonyl (C=O) groups excluding carboxylic acids is 1. The zero-order valence-electron chi connectivity index (χ0n) is 12.0. The molecule has 1 aromatic heterocycles. The summed E-state index contributed by atoms with van der Waals surface area (Å²) in [6, 6.07) is 15.7. The van der Waals surface area contributed by atoms with Gasteiger partial charge in [0.05, 0.1) is 5.69 Å². The molecule has 3 nitrogen and oxygen atoms in total. The predicted octanol–water partition coefficient (Wildman–Crippen LogP) is 4.27. The molecular formula is C17H13FN2OS2. The van der Waals surface area contributed by atoms with E-state index in [9.17, 15) is 9.18 Å². The number of halogens is 1. The van der Waals surface area contributed by atoms with Crippen molar-refractivity contribution in [2.45, 2.75) is 10.1 Å². The van der Waals surface area contributed by atoms with E-state index in [-0.39, 0.29) is 5.82 Å². The van der Waals surface area contributed by atoms with E-state index >= 15 is 0 Å². The number of hydrogen-bond donors (Lipinski definition) is 1. The third-order valence-electron chi connectivity index (χ3n) is 3.14. The van der Waals surface area contributed by atoms with Crippen molar-refractivity contribution in [1.29, 1.82) is 0 Å². The van der Waals surface area contributed by atoms with Crippen LogP contribution >= 0.6 is 23.1 Å². The molecule has 0 fully saturated rings. The monoisotopic (exact) mass is 344 g/mol. The minimum Gasteiger partial charge on any atom is -0.368 e. The number of hydrogen-bond acceptors (Lipinski definition) is 4. The molecule has 0 saturated heterocycles. The van der Waals surface area contributed by atoms with Gasteiger partial charge in [0.15, 0.2) is 0 Å². The van der Waals surface area contributed by atoms with Crippen molar-refractivity contribution >= 4 is 29.0 Å². The Hall–Kier alpha value is -2.18. The lowest BCUT2D eigenvalue weighted by molar-refractivity contribution is -0.117. The molecule has 0 radical (unpaired) electrons.